The molecule has 0 aromatic heterocycles. The molecular formula is C11H11BrO2. The van der Waals surface area contributed by atoms with Crippen molar-refractivity contribution < 1.29 is 9.53 Å². The van der Waals surface area contributed by atoms with E-state index >= 15 is 0 Å². The number of hydrogen-bond donors (Lipinski definition) is 0. The van der Waals surface area contributed by atoms with E-state index in [4.69, 9.17) is 4.74 Å². The summed E-state index contributed by atoms with van der Waals surface area (Å²) in [6.45, 7) is 0.763. The summed E-state index contributed by atoms with van der Waals surface area (Å²) in [5.41, 5.74) is 1.94. The van der Waals surface area contributed by atoms with Crippen molar-refractivity contribution in [3.05, 3.63) is 29.3 Å². The zero-order valence-corrected chi connectivity index (χ0v) is 9.34. The van der Waals surface area contributed by atoms with Gasteiger partial charge in [0.15, 0.2) is 5.78 Å². The van der Waals surface area contributed by atoms with Crippen molar-refractivity contribution in [3.63, 3.8) is 0 Å². The SMILES string of the molecule is O=C(CBr)c1ccc2c(c1)OCCC2. The van der Waals surface area contributed by atoms with Crippen LogP contribution in [0.4, 0.5) is 0 Å². The molecule has 2 nitrogen and oxygen atoms in total. The second kappa shape index (κ2) is 4.13. The van der Waals surface area contributed by atoms with E-state index in [1.807, 2.05) is 18.2 Å². The molecule has 2 rings (SSSR count). The highest BCUT2D eigenvalue weighted by Crippen LogP contribution is 2.25. The molecule has 0 unspecified atom stereocenters. The fourth-order valence-corrected chi connectivity index (χ4v) is 1.91. The number of carbonyl (C=O) groups excluding carboxylic acids is 1. The molecular weight excluding hydrogens is 244 g/mol. The molecule has 0 radical (unpaired) electrons. The van der Waals surface area contributed by atoms with Crippen LogP contribution in [0.3, 0.4) is 0 Å². The lowest BCUT2D eigenvalue weighted by Gasteiger charge is -2.17. The molecule has 0 spiro atoms. The van der Waals surface area contributed by atoms with Gasteiger partial charge in [0, 0.05) is 5.56 Å². The minimum atomic E-state index is 0.0990. The summed E-state index contributed by atoms with van der Waals surface area (Å²) in [4.78, 5) is 11.4. The lowest BCUT2D eigenvalue weighted by atomic mass is 10.0. The predicted molar refractivity (Wildman–Crippen MR) is 58.4 cm³/mol. The predicted octanol–water partition coefficient (Wildman–Crippen LogP) is 2.59. The molecule has 1 aromatic carbocycles. The van der Waals surface area contributed by atoms with Gasteiger partial charge in [-0.1, -0.05) is 28.1 Å². The van der Waals surface area contributed by atoms with Gasteiger partial charge in [-0.05, 0) is 24.5 Å². The maximum absolute atomic E-state index is 11.4. The molecule has 0 aliphatic carbocycles. The standard InChI is InChI=1S/C11H11BrO2/c12-7-10(13)9-4-3-8-2-1-5-14-11(8)6-9/h3-4,6H,1-2,5,7H2. The molecule has 0 amide bonds. The molecule has 3 heteroatoms. The number of hydrogen-bond acceptors (Lipinski definition) is 2. The molecule has 1 aromatic rings. The van der Waals surface area contributed by atoms with Crippen molar-refractivity contribution in [2.45, 2.75) is 12.8 Å². The molecule has 0 saturated carbocycles. The Morgan fingerprint density at radius 3 is 3.14 bits per heavy atom. The normalized spacial score (nSPS) is 14.4. The molecule has 0 atom stereocenters. The first kappa shape index (κ1) is 9.71. The van der Waals surface area contributed by atoms with Crippen LogP contribution in [-0.4, -0.2) is 17.7 Å². The number of carbonyl (C=O) groups is 1. The van der Waals surface area contributed by atoms with Gasteiger partial charge in [0.05, 0.1) is 11.9 Å². The molecule has 74 valence electrons. The summed E-state index contributed by atoms with van der Waals surface area (Å²) in [5, 5.41) is 0.367. The average molecular weight is 255 g/mol. The Kier molecular flexibility index (Phi) is 2.87. The largest absolute Gasteiger partial charge is 0.493 e. The van der Waals surface area contributed by atoms with Crippen LogP contribution in [0.2, 0.25) is 0 Å². The summed E-state index contributed by atoms with van der Waals surface area (Å²) >= 11 is 3.16. The van der Waals surface area contributed by atoms with Crippen molar-refractivity contribution in [2.24, 2.45) is 0 Å². The first-order valence-electron chi connectivity index (χ1n) is 4.66. The Hall–Kier alpha value is -0.830. The molecule has 1 aliphatic rings. The van der Waals surface area contributed by atoms with E-state index in [0.29, 0.717) is 5.33 Å². The quantitative estimate of drug-likeness (QED) is 0.599. The summed E-state index contributed by atoms with van der Waals surface area (Å²) < 4.78 is 5.49. The van der Waals surface area contributed by atoms with Crippen molar-refractivity contribution in [2.75, 3.05) is 11.9 Å². The third kappa shape index (κ3) is 1.82. The van der Waals surface area contributed by atoms with Crippen LogP contribution < -0.4 is 4.74 Å². The monoisotopic (exact) mass is 254 g/mol. The molecule has 14 heavy (non-hydrogen) atoms. The minimum Gasteiger partial charge on any atom is -0.493 e. The summed E-state index contributed by atoms with van der Waals surface area (Å²) in [5.74, 6) is 0.977. The molecule has 1 aliphatic heterocycles. The smallest absolute Gasteiger partial charge is 0.173 e. The lowest BCUT2D eigenvalue weighted by Crippen LogP contribution is -2.10. The summed E-state index contributed by atoms with van der Waals surface area (Å²) in [7, 11) is 0. The molecule has 1 heterocycles. The molecule has 0 bridgehead atoms. The number of Topliss-reactive ketones (excluding diaryl/α,β-unsaturated/α-hetero) is 1. The highest BCUT2D eigenvalue weighted by atomic mass is 79.9. The molecule has 0 N–H and O–H groups in total. The second-order valence-corrected chi connectivity index (χ2v) is 3.89. The van der Waals surface area contributed by atoms with Gasteiger partial charge in [-0.25, -0.2) is 0 Å². The Morgan fingerprint density at radius 1 is 1.50 bits per heavy atom. The van der Waals surface area contributed by atoms with Crippen LogP contribution in [0, 0.1) is 0 Å². The second-order valence-electron chi connectivity index (χ2n) is 3.33. The average Bonchev–Trinajstić information content (AvgIpc) is 2.27. The van der Waals surface area contributed by atoms with Gasteiger partial charge in [0.2, 0.25) is 0 Å². The van der Waals surface area contributed by atoms with Crippen LogP contribution >= 0.6 is 15.9 Å². The van der Waals surface area contributed by atoms with Crippen LogP contribution in [-0.2, 0) is 6.42 Å². The van der Waals surface area contributed by atoms with Crippen LogP contribution in [0.25, 0.3) is 0 Å². The number of halogens is 1. The Balaban J connectivity index is 2.33. The maximum atomic E-state index is 11.4. The van der Waals surface area contributed by atoms with Gasteiger partial charge in [-0.2, -0.15) is 0 Å². The van der Waals surface area contributed by atoms with Gasteiger partial charge >= 0.3 is 0 Å². The van der Waals surface area contributed by atoms with Crippen molar-refractivity contribution in [3.8, 4) is 5.75 Å². The van der Waals surface area contributed by atoms with Gasteiger partial charge in [-0.15, -0.1) is 0 Å². The van der Waals surface area contributed by atoms with E-state index in [-0.39, 0.29) is 5.78 Å². The highest BCUT2D eigenvalue weighted by molar-refractivity contribution is 9.09. The number of fused-ring (bicyclic) bond motifs is 1. The molecule has 0 fully saturated rings. The van der Waals surface area contributed by atoms with Crippen molar-refractivity contribution >= 4 is 21.7 Å². The van der Waals surface area contributed by atoms with Crippen LogP contribution in [0.15, 0.2) is 18.2 Å². The third-order valence-corrected chi connectivity index (χ3v) is 2.87. The lowest BCUT2D eigenvalue weighted by molar-refractivity contribution is 0.102. The number of rotatable bonds is 2. The zero-order chi connectivity index (χ0) is 9.97. The van der Waals surface area contributed by atoms with E-state index in [1.165, 1.54) is 5.56 Å². The van der Waals surface area contributed by atoms with E-state index in [1.54, 1.807) is 0 Å². The first-order chi connectivity index (χ1) is 6.81. The van der Waals surface area contributed by atoms with Gasteiger partial charge in [-0.3, -0.25) is 4.79 Å². The minimum absolute atomic E-state index is 0.0990. The van der Waals surface area contributed by atoms with E-state index in [0.717, 1.165) is 30.8 Å². The van der Waals surface area contributed by atoms with E-state index in [2.05, 4.69) is 15.9 Å². The summed E-state index contributed by atoms with van der Waals surface area (Å²) in [6.07, 6.45) is 2.12. The Labute approximate surface area is 91.4 Å². The van der Waals surface area contributed by atoms with Crippen LogP contribution in [0.5, 0.6) is 5.75 Å². The van der Waals surface area contributed by atoms with Gasteiger partial charge in [0.1, 0.15) is 5.75 Å². The fraction of sp³-hybridized carbons (Fsp3) is 0.364. The van der Waals surface area contributed by atoms with Crippen molar-refractivity contribution in [1.29, 1.82) is 0 Å². The third-order valence-electron chi connectivity index (χ3n) is 2.36. The topological polar surface area (TPSA) is 26.3 Å². The van der Waals surface area contributed by atoms with E-state index < -0.39 is 0 Å². The zero-order valence-electron chi connectivity index (χ0n) is 7.75. The first-order valence-corrected chi connectivity index (χ1v) is 5.78. The van der Waals surface area contributed by atoms with Crippen molar-refractivity contribution in [1.82, 2.24) is 0 Å². The van der Waals surface area contributed by atoms with Gasteiger partial charge < -0.3 is 4.74 Å². The van der Waals surface area contributed by atoms with E-state index in [9.17, 15) is 4.79 Å². The number of aryl methyl sites for hydroxylation is 1. The highest BCUT2D eigenvalue weighted by Gasteiger charge is 2.12. The maximum Gasteiger partial charge on any atom is 0.173 e. The molecule has 0 saturated heterocycles. The van der Waals surface area contributed by atoms with Gasteiger partial charge in [0.25, 0.3) is 0 Å². The Morgan fingerprint density at radius 2 is 2.36 bits per heavy atom. The Bertz CT molecular complexity index is 360. The number of alkyl halides is 1. The van der Waals surface area contributed by atoms with Crippen LogP contribution in [0.1, 0.15) is 22.3 Å². The number of benzene rings is 1. The number of ketones is 1. The summed E-state index contributed by atoms with van der Waals surface area (Å²) in [6, 6.07) is 5.71. The fourth-order valence-electron chi connectivity index (χ4n) is 1.59. The number of ether oxygens (including phenoxy) is 1.